The van der Waals surface area contributed by atoms with Crippen LogP contribution in [0.1, 0.15) is 18.1 Å². The molecule has 7 heteroatoms. The van der Waals surface area contributed by atoms with Crippen LogP contribution in [0.3, 0.4) is 0 Å². The van der Waals surface area contributed by atoms with E-state index in [1.807, 2.05) is 66.0 Å². The fraction of sp³-hybridized carbons (Fsp3) is 0.125. The lowest BCUT2D eigenvalue weighted by atomic mass is 10.0. The zero-order chi connectivity index (χ0) is 27.1. The predicted octanol–water partition coefficient (Wildman–Crippen LogP) is 6.31. The molecule has 0 saturated carbocycles. The maximum atomic E-state index is 13.0. The predicted molar refractivity (Wildman–Crippen MR) is 156 cm³/mol. The monoisotopic (exact) mass is 513 g/mol. The van der Waals surface area contributed by atoms with E-state index in [2.05, 4.69) is 48.6 Å². The molecule has 0 bridgehead atoms. The van der Waals surface area contributed by atoms with Crippen molar-refractivity contribution in [3.8, 4) is 11.3 Å². The van der Waals surface area contributed by atoms with Crippen molar-refractivity contribution in [2.24, 2.45) is 0 Å². The lowest BCUT2D eigenvalue weighted by Gasteiger charge is -2.22. The van der Waals surface area contributed by atoms with E-state index in [1.165, 1.54) is 17.4 Å². The Morgan fingerprint density at radius 1 is 0.872 bits per heavy atom. The van der Waals surface area contributed by atoms with Crippen LogP contribution >= 0.6 is 0 Å². The number of carbonyl (C=O) groups excluding carboxylic acids is 2. The van der Waals surface area contributed by atoms with E-state index in [-0.39, 0.29) is 18.4 Å². The van der Waals surface area contributed by atoms with Gasteiger partial charge in [-0.25, -0.2) is 9.50 Å². The Kier molecular flexibility index (Phi) is 6.04. The summed E-state index contributed by atoms with van der Waals surface area (Å²) in [6.07, 6.45) is 0. The molecule has 1 N–H and O–H groups in total. The van der Waals surface area contributed by atoms with E-state index in [0.29, 0.717) is 11.2 Å². The van der Waals surface area contributed by atoms with Gasteiger partial charge in [0.25, 0.3) is 0 Å². The molecular weight excluding hydrogens is 486 g/mol. The van der Waals surface area contributed by atoms with Crippen molar-refractivity contribution < 1.29 is 9.59 Å². The number of aryl methyl sites for hydroxylation is 2. The number of aromatic nitrogens is 3. The van der Waals surface area contributed by atoms with Crippen molar-refractivity contribution in [2.75, 3.05) is 16.8 Å². The van der Waals surface area contributed by atoms with Crippen LogP contribution in [0.5, 0.6) is 0 Å². The number of hydrogen-bond donors (Lipinski definition) is 1. The van der Waals surface area contributed by atoms with Gasteiger partial charge < -0.3 is 10.2 Å². The van der Waals surface area contributed by atoms with Crippen molar-refractivity contribution in [1.82, 2.24) is 14.6 Å². The summed E-state index contributed by atoms with van der Waals surface area (Å²) in [6, 6.07) is 29.6. The van der Waals surface area contributed by atoms with Gasteiger partial charge >= 0.3 is 0 Å². The average Bonchev–Trinajstić information content (AvgIpc) is 3.30. The van der Waals surface area contributed by atoms with Crippen LogP contribution < -0.4 is 10.2 Å². The summed E-state index contributed by atoms with van der Waals surface area (Å²) in [5.41, 5.74) is 7.67. The van der Waals surface area contributed by atoms with E-state index < -0.39 is 0 Å². The second-order valence-corrected chi connectivity index (χ2v) is 9.75. The Morgan fingerprint density at radius 2 is 1.59 bits per heavy atom. The number of anilines is 2. The first-order chi connectivity index (χ1) is 18.9. The highest BCUT2D eigenvalue weighted by atomic mass is 16.2. The minimum absolute atomic E-state index is 0.0878. The first kappa shape index (κ1) is 24.3. The molecule has 0 aliphatic carbocycles. The van der Waals surface area contributed by atoms with E-state index in [9.17, 15) is 9.59 Å². The number of nitrogens with one attached hydrogen (secondary N) is 1. The zero-order valence-corrected chi connectivity index (χ0v) is 22.0. The van der Waals surface area contributed by atoms with Gasteiger partial charge in [-0.3, -0.25) is 9.59 Å². The molecule has 0 fully saturated rings. The maximum absolute atomic E-state index is 13.0. The summed E-state index contributed by atoms with van der Waals surface area (Å²) in [5.74, 6) is -0.487. The normalized spacial score (nSPS) is 11.3. The number of imidazole rings is 1. The summed E-state index contributed by atoms with van der Waals surface area (Å²) < 4.78 is 1.87. The number of fused-ring (bicyclic) bond motifs is 5. The van der Waals surface area contributed by atoms with Crippen molar-refractivity contribution in [3.05, 3.63) is 102 Å². The summed E-state index contributed by atoms with van der Waals surface area (Å²) in [7, 11) is 0. The molecule has 192 valence electrons. The molecule has 2 heterocycles. The molecule has 0 saturated heterocycles. The molecule has 2 aromatic heterocycles. The van der Waals surface area contributed by atoms with Gasteiger partial charge in [0.05, 0.1) is 16.7 Å². The molecule has 0 atom stereocenters. The molecule has 0 unspecified atom stereocenters. The number of benzene rings is 4. The van der Waals surface area contributed by atoms with Gasteiger partial charge in [-0.2, -0.15) is 5.10 Å². The van der Waals surface area contributed by atoms with Crippen LogP contribution in [-0.4, -0.2) is 33.0 Å². The molecular formula is C32H27N5O2. The summed E-state index contributed by atoms with van der Waals surface area (Å²) in [4.78, 5) is 31.7. The topological polar surface area (TPSA) is 79.6 Å². The van der Waals surface area contributed by atoms with Crippen LogP contribution in [0.4, 0.5) is 11.4 Å². The maximum Gasteiger partial charge on any atom is 0.244 e. The van der Waals surface area contributed by atoms with E-state index in [1.54, 1.807) is 0 Å². The number of para-hydroxylation sites is 1. The first-order valence-corrected chi connectivity index (χ1v) is 12.8. The summed E-state index contributed by atoms with van der Waals surface area (Å²) >= 11 is 0. The molecule has 4 aromatic carbocycles. The highest BCUT2D eigenvalue weighted by Crippen LogP contribution is 2.31. The van der Waals surface area contributed by atoms with Crippen LogP contribution in [0.25, 0.3) is 38.7 Å². The number of amides is 2. The van der Waals surface area contributed by atoms with Crippen molar-refractivity contribution in [2.45, 2.75) is 20.8 Å². The highest BCUT2D eigenvalue weighted by Gasteiger charge is 2.19. The molecule has 2 amide bonds. The molecule has 39 heavy (non-hydrogen) atoms. The Bertz CT molecular complexity index is 1890. The van der Waals surface area contributed by atoms with Gasteiger partial charge in [0.15, 0.2) is 5.65 Å². The van der Waals surface area contributed by atoms with E-state index in [4.69, 9.17) is 10.1 Å². The second-order valence-electron chi connectivity index (χ2n) is 9.75. The highest BCUT2D eigenvalue weighted by molar-refractivity contribution is 6.05. The standard InChI is InChI=1S/C32H27N5O2/c1-20-12-14-23(15-13-20)31-25-9-5-6-10-26(25)32-34-27-18-24(16-17-29(27)37(32)35-31)33-30(39)19-36(22(3)38)28-11-7-4-8-21(28)2/h4-18H,19H2,1-3H3,(H,33,39). The van der Waals surface area contributed by atoms with Crippen LogP contribution in [0, 0.1) is 13.8 Å². The Labute approximate surface area is 225 Å². The third-order valence-corrected chi connectivity index (χ3v) is 6.95. The SMILES string of the molecule is CC(=O)N(CC(=O)Nc1ccc2c(c1)nc1c3ccccc3c(-c3ccc(C)cc3)nn21)c1ccccc1C. The van der Waals surface area contributed by atoms with Crippen molar-refractivity contribution >= 4 is 50.6 Å². The van der Waals surface area contributed by atoms with Gasteiger partial charge in [0.1, 0.15) is 6.54 Å². The average molecular weight is 514 g/mol. The number of hydrogen-bond acceptors (Lipinski definition) is 4. The summed E-state index contributed by atoms with van der Waals surface area (Å²) in [5, 5.41) is 9.96. The largest absolute Gasteiger partial charge is 0.324 e. The molecule has 0 radical (unpaired) electrons. The fourth-order valence-corrected chi connectivity index (χ4v) is 4.96. The van der Waals surface area contributed by atoms with E-state index >= 15 is 0 Å². The molecule has 0 aliphatic rings. The zero-order valence-electron chi connectivity index (χ0n) is 22.0. The number of nitrogens with zero attached hydrogens (tertiary/aromatic N) is 4. The Morgan fingerprint density at radius 3 is 2.33 bits per heavy atom. The molecule has 6 aromatic rings. The molecule has 6 rings (SSSR count). The third-order valence-electron chi connectivity index (χ3n) is 6.95. The quantitative estimate of drug-likeness (QED) is 0.293. The minimum atomic E-state index is -0.290. The van der Waals surface area contributed by atoms with Crippen molar-refractivity contribution in [3.63, 3.8) is 0 Å². The third kappa shape index (κ3) is 4.48. The molecule has 0 aliphatic heterocycles. The summed E-state index contributed by atoms with van der Waals surface area (Å²) in [6.45, 7) is 5.36. The van der Waals surface area contributed by atoms with Gasteiger partial charge in [0.2, 0.25) is 11.8 Å². The van der Waals surface area contributed by atoms with Gasteiger partial charge in [0, 0.05) is 34.6 Å². The fourth-order valence-electron chi connectivity index (χ4n) is 4.96. The minimum Gasteiger partial charge on any atom is -0.324 e. The first-order valence-electron chi connectivity index (χ1n) is 12.8. The lowest BCUT2D eigenvalue weighted by molar-refractivity contribution is -0.120. The van der Waals surface area contributed by atoms with Gasteiger partial charge in [-0.05, 0) is 43.7 Å². The number of rotatable bonds is 5. The van der Waals surface area contributed by atoms with Crippen molar-refractivity contribution in [1.29, 1.82) is 0 Å². The van der Waals surface area contributed by atoms with Crippen LogP contribution in [-0.2, 0) is 9.59 Å². The lowest BCUT2D eigenvalue weighted by Crippen LogP contribution is -2.37. The van der Waals surface area contributed by atoms with Gasteiger partial charge in [-0.1, -0.05) is 72.3 Å². The smallest absolute Gasteiger partial charge is 0.244 e. The molecule has 7 nitrogen and oxygen atoms in total. The van der Waals surface area contributed by atoms with Crippen LogP contribution in [0.15, 0.2) is 91.0 Å². The molecule has 0 spiro atoms. The Hall–Kier alpha value is -5.04. The second kappa shape index (κ2) is 9.68. The van der Waals surface area contributed by atoms with Crippen LogP contribution in [0.2, 0.25) is 0 Å². The Balaban J connectivity index is 1.36. The van der Waals surface area contributed by atoms with E-state index in [0.717, 1.165) is 44.4 Å². The van der Waals surface area contributed by atoms with Gasteiger partial charge in [-0.15, -0.1) is 0 Å². The number of carbonyl (C=O) groups is 2.